The fourth-order valence-corrected chi connectivity index (χ4v) is 1.83. The lowest BCUT2D eigenvalue weighted by molar-refractivity contribution is -0.149. The van der Waals surface area contributed by atoms with Crippen LogP contribution in [0.15, 0.2) is 0 Å². The lowest BCUT2D eigenvalue weighted by Gasteiger charge is -2.30. The van der Waals surface area contributed by atoms with Crippen LogP contribution in [0, 0.1) is 5.92 Å². The molecule has 0 aromatic carbocycles. The molecule has 0 aromatic heterocycles. The summed E-state index contributed by atoms with van der Waals surface area (Å²) in [6, 6.07) is 0. The van der Waals surface area contributed by atoms with Crippen LogP contribution >= 0.6 is 0 Å². The molecule has 0 aromatic rings. The van der Waals surface area contributed by atoms with Crippen molar-refractivity contribution in [3.8, 4) is 0 Å². The summed E-state index contributed by atoms with van der Waals surface area (Å²) in [5.41, 5.74) is -1.70. The highest BCUT2D eigenvalue weighted by atomic mass is 19.1. The first-order chi connectivity index (χ1) is 6.49. The first kappa shape index (κ1) is 11.1. The van der Waals surface area contributed by atoms with Crippen molar-refractivity contribution in [2.24, 2.45) is 5.92 Å². The van der Waals surface area contributed by atoms with Crippen LogP contribution in [-0.2, 0) is 14.3 Å². The van der Waals surface area contributed by atoms with Gasteiger partial charge >= 0.3 is 5.97 Å². The van der Waals surface area contributed by atoms with Gasteiger partial charge in [0.1, 0.15) is 0 Å². The lowest BCUT2D eigenvalue weighted by atomic mass is 9.78. The van der Waals surface area contributed by atoms with E-state index < -0.39 is 11.5 Å². The largest absolute Gasteiger partial charge is 0.469 e. The maximum absolute atomic E-state index is 13.7. The number of rotatable bonds is 2. The van der Waals surface area contributed by atoms with E-state index in [9.17, 15) is 14.0 Å². The molecule has 1 rings (SSSR count). The highest BCUT2D eigenvalue weighted by molar-refractivity contribution is 5.85. The van der Waals surface area contributed by atoms with Gasteiger partial charge in [-0.1, -0.05) is 0 Å². The third kappa shape index (κ3) is 2.11. The highest BCUT2D eigenvalue weighted by Gasteiger charge is 2.41. The molecule has 0 heterocycles. The molecular formula is C10H15FO3. The number of esters is 1. The van der Waals surface area contributed by atoms with Crippen molar-refractivity contribution in [2.45, 2.75) is 38.3 Å². The van der Waals surface area contributed by atoms with Crippen LogP contribution in [0.2, 0.25) is 0 Å². The molecule has 0 aliphatic heterocycles. The molecule has 3 nitrogen and oxygen atoms in total. The minimum Gasteiger partial charge on any atom is -0.469 e. The summed E-state index contributed by atoms with van der Waals surface area (Å²) >= 11 is 0. The second kappa shape index (κ2) is 4.07. The smallest absolute Gasteiger partial charge is 0.308 e. The predicted octanol–water partition coefficient (Wildman–Crippen LogP) is 1.65. The van der Waals surface area contributed by atoms with E-state index in [-0.39, 0.29) is 24.7 Å². The van der Waals surface area contributed by atoms with Crippen molar-refractivity contribution in [3.05, 3.63) is 0 Å². The number of methoxy groups -OCH3 is 1. The molecule has 14 heavy (non-hydrogen) atoms. The first-order valence-corrected chi connectivity index (χ1v) is 4.77. The lowest BCUT2D eigenvalue weighted by Crippen LogP contribution is -2.38. The Hall–Kier alpha value is -0.930. The Balaban J connectivity index is 2.54. The van der Waals surface area contributed by atoms with Gasteiger partial charge in [-0.3, -0.25) is 9.59 Å². The van der Waals surface area contributed by atoms with E-state index in [4.69, 9.17) is 0 Å². The maximum Gasteiger partial charge on any atom is 0.308 e. The molecule has 0 bridgehead atoms. The number of ether oxygens (including phenoxy) is 1. The van der Waals surface area contributed by atoms with Gasteiger partial charge in [0.25, 0.3) is 0 Å². The summed E-state index contributed by atoms with van der Waals surface area (Å²) in [5, 5.41) is 0. The molecule has 0 saturated heterocycles. The molecule has 80 valence electrons. The van der Waals surface area contributed by atoms with E-state index in [0.717, 1.165) is 0 Å². The van der Waals surface area contributed by atoms with Gasteiger partial charge in [-0.15, -0.1) is 0 Å². The molecule has 0 atom stereocenters. The van der Waals surface area contributed by atoms with Crippen LogP contribution in [0.5, 0.6) is 0 Å². The van der Waals surface area contributed by atoms with Gasteiger partial charge in [-0.05, 0) is 32.6 Å². The van der Waals surface area contributed by atoms with E-state index >= 15 is 0 Å². The zero-order chi connectivity index (χ0) is 10.8. The van der Waals surface area contributed by atoms with Crippen molar-refractivity contribution >= 4 is 11.8 Å². The number of carbonyl (C=O) groups excluding carboxylic acids is 2. The standard InChI is InChI=1S/C10H15FO3/c1-7(12)10(11)5-3-8(4-6-10)9(13)14-2/h8H,3-6H2,1-2H3/t8-,10-. The Kier molecular flexibility index (Phi) is 3.24. The number of hydrogen-bond donors (Lipinski definition) is 0. The predicted molar refractivity (Wildman–Crippen MR) is 48.5 cm³/mol. The second-order valence-electron chi connectivity index (χ2n) is 3.82. The fourth-order valence-electron chi connectivity index (χ4n) is 1.83. The molecular weight excluding hydrogens is 187 g/mol. The average Bonchev–Trinajstić information content (AvgIpc) is 2.17. The monoisotopic (exact) mass is 202 g/mol. The van der Waals surface area contributed by atoms with Gasteiger partial charge in [0, 0.05) is 0 Å². The summed E-state index contributed by atoms with van der Waals surface area (Å²) in [7, 11) is 1.32. The van der Waals surface area contributed by atoms with Crippen molar-refractivity contribution in [3.63, 3.8) is 0 Å². The molecule has 1 fully saturated rings. The van der Waals surface area contributed by atoms with Gasteiger partial charge in [0.2, 0.25) is 0 Å². The van der Waals surface area contributed by atoms with Crippen molar-refractivity contribution < 1.29 is 18.7 Å². The molecule has 0 amide bonds. The van der Waals surface area contributed by atoms with Gasteiger partial charge in [-0.25, -0.2) is 4.39 Å². The van der Waals surface area contributed by atoms with E-state index in [1.807, 2.05) is 0 Å². The van der Waals surface area contributed by atoms with Crippen LogP contribution in [-0.4, -0.2) is 24.5 Å². The summed E-state index contributed by atoms with van der Waals surface area (Å²) < 4.78 is 18.3. The zero-order valence-electron chi connectivity index (χ0n) is 8.51. The Bertz CT molecular complexity index is 242. The van der Waals surface area contributed by atoms with Gasteiger partial charge in [-0.2, -0.15) is 0 Å². The average molecular weight is 202 g/mol. The van der Waals surface area contributed by atoms with Gasteiger partial charge in [0.05, 0.1) is 13.0 Å². The number of alkyl halides is 1. The van der Waals surface area contributed by atoms with Crippen LogP contribution < -0.4 is 0 Å². The third-order valence-corrected chi connectivity index (χ3v) is 2.94. The minimum absolute atomic E-state index is 0.141. The van der Waals surface area contributed by atoms with Crippen molar-refractivity contribution in [1.29, 1.82) is 0 Å². The summed E-state index contributed by atoms with van der Waals surface area (Å²) in [6.07, 6.45) is 1.09. The molecule has 0 radical (unpaired) electrons. The van der Waals surface area contributed by atoms with Crippen molar-refractivity contribution in [2.75, 3.05) is 7.11 Å². The van der Waals surface area contributed by atoms with Gasteiger partial charge < -0.3 is 4.74 Å². The summed E-state index contributed by atoms with van der Waals surface area (Å²) in [6.45, 7) is 1.26. The topological polar surface area (TPSA) is 43.4 Å². The maximum atomic E-state index is 13.7. The van der Waals surface area contributed by atoms with Crippen molar-refractivity contribution in [1.82, 2.24) is 0 Å². The molecule has 1 aliphatic carbocycles. The molecule has 1 aliphatic rings. The SMILES string of the molecule is COC(=O)[C@H]1CC[C@@](F)(C(C)=O)CC1. The van der Waals surface area contributed by atoms with E-state index in [2.05, 4.69) is 4.74 Å². The van der Waals surface area contributed by atoms with E-state index in [1.54, 1.807) is 0 Å². The third-order valence-electron chi connectivity index (χ3n) is 2.94. The summed E-state index contributed by atoms with van der Waals surface area (Å²) in [4.78, 5) is 22.1. The quantitative estimate of drug-likeness (QED) is 0.639. The van der Waals surface area contributed by atoms with Crippen LogP contribution in [0.25, 0.3) is 0 Å². The number of hydrogen-bond acceptors (Lipinski definition) is 3. The first-order valence-electron chi connectivity index (χ1n) is 4.77. The normalized spacial score (nSPS) is 32.4. The number of carbonyl (C=O) groups is 2. The molecule has 4 heteroatoms. The molecule has 0 N–H and O–H groups in total. The number of halogens is 1. The van der Waals surface area contributed by atoms with Crippen LogP contribution in [0.1, 0.15) is 32.6 Å². The number of ketones is 1. The van der Waals surface area contributed by atoms with Gasteiger partial charge in [0.15, 0.2) is 11.5 Å². The van der Waals surface area contributed by atoms with E-state index in [1.165, 1.54) is 14.0 Å². The Morgan fingerprint density at radius 2 is 1.86 bits per heavy atom. The van der Waals surface area contributed by atoms with E-state index in [0.29, 0.717) is 12.8 Å². The molecule has 1 saturated carbocycles. The van der Waals surface area contributed by atoms with Crippen LogP contribution in [0.3, 0.4) is 0 Å². The molecule has 0 spiro atoms. The number of Topliss-reactive ketones (excluding diaryl/α,β-unsaturated/α-hetero) is 1. The highest BCUT2D eigenvalue weighted by Crippen LogP contribution is 2.36. The Morgan fingerprint density at radius 1 is 1.36 bits per heavy atom. The second-order valence-corrected chi connectivity index (χ2v) is 3.82. The Labute approximate surface area is 82.6 Å². The Morgan fingerprint density at radius 3 is 2.21 bits per heavy atom. The summed E-state index contributed by atoms with van der Waals surface area (Å²) in [5.74, 6) is -0.959. The van der Waals surface area contributed by atoms with Crippen LogP contribution in [0.4, 0.5) is 4.39 Å². The fraction of sp³-hybridized carbons (Fsp3) is 0.800. The zero-order valence-corrected chi connectivity index (χ0v) is 8.51. The molecule has 0 unspecified atom stereocenters. The minimum atomic E-state index is -1.70.